The fourth-order valence-electron chi connectivity index (χ4n) is 2.60. The van der Waals surface area contributed by atoms with Crippen molar-refractivity contribution in [3.05, 3.63) is 83.8 Å². The maximum atomic E-state index is 12.4. The predicted octanol–water partition coefficient (Wildman–Crippen LogP) is 5.44. The lowest BCUT2D eigenvalue weighted by Crippen LogP contribution is -2.14. The molecule has 0 bridgehead atoms. The number of anilines is 2. The van der Waals surface area contributed by atoms with Crippen molar-refractivity contribution in [2.45, 2.75) is 32.7 Å². The Morgan fingerprint density at radius 3 is 2.15 bits per heavy atom. The van der Waals surface area contributed by atoms with Gasteiger partial charge in [0.05, 0.1) is 12.8 Å². The maximum Gasteiger partial charge on any atom is 0.255 e. The van der Waals surface area contributed by atoms with E-state index in [1.807, 2.05) is 60.7 Å². The first-order valence-electron chi connectivity index (χ1n) is 8.70. The molecule has 0 spiro atoms. The molecule has 0 saturated heterocycles. The summed E-state index contributed by atoms with van der Waals surface area (Å²) in [6, 6.07) is 19.2. The summed E-state index contributed by atoms with van der Waals surface area (Å²) in [5.41, 5.74) is 3.67. The van der Waals surface area contributed by atoms with Crippen molar-refractivity contribution in [2.75, 3.05) is 10.6 Å². The first kappa shape index (κ1) is 17.8. The summed E-state index contributed by atoms with van der Waals surface area (Å²) >= 11 is 0. The van der Waals surface area contributed by atoms with Crippen LogP contribution in [0.15, 0.2) is 71.3 Å². The number of hydrogen-bond acceptors (Lipinski definition) is 3. The van der Waals surface area contributed by atoms with Crippen molar-refractivity contribution in [3.8, 4) is 0 Å². The van der Waals surface area contributed by atoms with E-state index in [1.54, 1.807) is 6.26 Å². The molecule has 4 heteroatoms. The van der Waals surface area contributed by atoms with Crippen molar-refractivity contribution >= 4 is 17.3 Å². The minimum Gasteiger partial charge on any atom is -0.467 e. The highest BCUT2D eigenvalue weighted by Gasteiger charge is 2.14. The fourth-order valence-corrected chi connectivity index (χ4v) is 2.60. The number of nitrogens with one attached hydrogen (secondary N) is 2. The largest absolute Gasteiger partial charge is 0.467 e. The molecule has 0 saturated carbocycles. The van der Waals surface area contributed by atoms with Crippen LogP contribution in [0.1, 0.15) is 42.5 Å². The Labute approximate surface area is 154 Å². The molecule has 0 fully saturated rings. The second kappa shape index (κ2) is 7.48. The molecule has 0 aliphatic rings. The van der Waals surface area contributed by atoms with Gasteiger partial charge in [-0.1, -0.05) is 32.9 Å². The van der Waals surface area contributed by atoms with Crippen LogP contribution in [0.5, 0.6) is 0 Å². The summed E-state index contributed by atoms with van der Waals surface area (Å²) in [5.74, 6) is 0.767. The predicted molar refractivity (Wildman–Crippen MR) is 106 cm³/mol. The highest BCUT2D eigenvalue weighted by Crippen LogP contribution is 2.22. The summed E-state index contributed by atoms with van der Waals surface area (Å²) in [5, 5.41) is 6.20. The third kappa shape index (κ3) is 4.54. The number of carbonyl (C=O) groups is 1. The van der Waals surface area contributed by atoms with Gasteiger partial charge in [0.25, 0.3) is 5.91 Å². The van der Waals surface area contributed by atoms with E-state index in [1.165, 1.54) is 5.56 Å². The lowest BCUT2D eigenvalue weighted by atomic mass is 9.87. The van der Waals surface area contributed by atoms with Crippen LogP contribution in [0.2, 0.25) is 0 Å². The Hall–Kier alpha value is -3.01. The number of amides is 1. The molecule has 2 N–H and O–H groups in total. The van der Waals surface area contributed by atoms with Gasteiger partial charge in [0.2, 0.25) is 0 Å². The van der Waals surface area contributed by atoms with Gasteiger partial charge in [-0.2, -0.15) is 0 Å². The molecule has 0 unspecified atom stereocenters. The van der Waals surface area contributed by atoms with E-state index in [0.29, 0.717) is 12.1 Å². The summed E-state index contributed by atoms with van der Waals surface area (Å²) in [6.07, 6.45) is 1.66. The van der Waals surface area contributed by atoms with Gasteiger partial charge in [-0.05, 0) is 59.5 Å². The number of furan rings is 1. The van der Waals surface area contributed by atoms with Crippen molar-refractivity contribution in [1.82, 2.24) is 0 Å². The monoisotopic (exact) mass is 348 g/mol. The minimum absolute atomic E-state index is 0.0769. The van der Waals surface area contributed by atoms with E-state index in [2.05, 4.69) is 31.4 Å². The van der Waals surface area contributed by atoms with Gasteiger partial charge in [0, 0.05) is 16.9 Å². The van der Waals surface area contributed by atoms with Crippen molar-refractivity contribution in [2.24, 2.45) is 0 Å². The van der Waals surface area contributed by atoms with E-state index >= 15 is 0 Å². The van der Waals surface area contributed by atoms with E-state index in [0.717, 1.165) is 17.1 Å². The molecule has 1 aromatic heterocycles. The van der Waals surface area contributed by atoms with Gasteiger partial charge < -0.3 is 15.1 Å². The van der Waals surface area contributed by atoms with Crippen LogP contribution < -0.4 is 10.6 Å². The highest BCUT2D eigenvalue weighted by molar-refractivity contribution is 6.04. The van der Waals surface area contributed by atoms with Gasteiger partial charge in [-0.15, -0.1) is 0 Å². The third-order valence-electron chi connectivity index (χ3n) is 4.20. The Balaban J connectivity index is 1.58. The van der Waals surface area contributed by atoms with Crippen LogP contribution in [0, 0.1) is 0 Å². The molecule has 2 aromatic carbocycles. The summed E-state index contributed by atoms with van der Waals surface area (Å²) in [6.45, 7) is 7.09. The van der Waals surface area contributed by atoms with E-state index in [4.69, 9.17) is 4.42 Å². The Bertz CT molecular complexity index is 843. The zero-order chi connectivity index (χ0) is 18.6. The summed E-state index contributed by atoms with van der Waals surface area (Å²) in [4.78, 5) is 12.4. The number of carbonyl (C=O) groups excluding carboxylic acids is 1. The van der Waals surface area contributed by atoms with Crippen LogP contribution in [-0.2, 0) is 12.0 Å². The molecular formula is C22H24N2O2. The minimum atomic E-state index is -0.109. The quantitative estimate of drug-likeness (QED) is 0.645. The lowest BCUT2D eigenvalue weighted by molar-refractivity contribution is 0.102. The summed E-state index contributed by atoms with van der Waals surface area (Å²) < 4.78 is 5.29. The number of rotatable bonds is 5. The molecule has 3 rings (SSSR count). The molecule has 1 heterocycles. The average Bonchev–Trinajstić information content (AvgIpc) is 3.14. The van der Waals surface area contributed by atoms with Gasteiger partial charge in [-0.3, -0.25) is 4.79 Å². The Morgan fingerprint density at radius 1 is 0.923 bits per heavy atom. The van der Waals surface area contributed by atoms with Crippen LogP contribution >= 0.6 is 0 Å². The average molecular weight is 348 g/mol. The maximum absolute atomic E-state index is 12.4. The zero-order valence-electron chi connectivity index (χ0n) is 15.4. The van der Waals surface area contributed by atoms with E-state index in [-0.39, 0.29) is 11.3 Å². The van der Waals surface area contributed by atoms with Crippen LogP contribution in [0.25, 0.3) is 0 Å². The van der Waals surface area contributed by atoms with E-state index in [9.17, 15) is 4.79 Å². The first-order valence-corrected chi connectivity index (χ1v) is 8.70. The third-order valence-corrected chi connectivity index (χ3v) is 4.20. The first-order chi connectivity index (χ1) is 12.4. The molecule has 4 nitrogen and oxygen atoms in total. The topological polar surface area (TPSA) is 54.3 Å². The second-order valence-corrected chi connectivity index (χ2v) is 7.29. The zero-order valence-corrected chi connectivity index (χ0v) is 15.4. The SMILES string of the molecule is CC(C)(C)c1ccc(C(=O)Nc2ccc(NCc3ccco3)cc2)cc1. The normalized spacial score (nSPS) is 11.2. The molecule has 0 radical (unpaired) electrons. The molecule has 1 amide bonds. The summed E-state index contributed by atoms with van der Waals surface area (Å²) in [7, 11) is 0. The van der Waals surface area contributed by atoms with Crippen molar-refractivity contribution in [3.63, 3.8) is 0 Å². The lowest BCUT2D eigenvalue weighted by Gasteiger charge is -2.19. The highest BCUT2D eigenvalue weighted by atomic mass is 16.3. The smallest absolute Gasteiger partial charge is 0.255 e. The molecule has 0 aliphatic carbocycles. The van der Waals surface area contributed by atoms with Crippen LogP contribution in [0.4, 0.5) is 11.4 Å². The molecule has 26 heavy (non-hydrogen) atoms. The molecule has 3 aromatic rings. The van der Waals surface area contributed by atoms with Crippen molar-refractivity contribution < 1.29 is 9.21 Å². The van der Waals surface area contributed by atoms with Crippen molar-refractivity contribution in [1.29, 1.82) is 0 Å². The van der Waals surface area contributed by atoms with E-state index < -0.39 is 0 Å². The molecule has 134 valence electrons. The Kier molecular flexibility index (Phi) is 5.12. The molecular weight excluding hydrogens is 324 g/mol. The molecule has 0 aliphatic heterocycles. The van der Waals surface area contributed by atoms with Crippen LogP contribution in [-0.4, -0.2) is 5.91 Å². The van der Waals surface area contributed by atoms with Gasteiger partial charge in [0.15, 0.2) is 0 Å². The standard InChI is InChI=1S/C22H24N2O2/c1-22(2,3)17-8-6-16(7-9-17)21(25)24-19-12-10-18(11-13-19)23-15-20-5-4-14-26-20/h4-14,23H,15H2,1-3H3,(H,24,25). The van der Waals surface area contributed by atoms with Crippen LogP contribution in [0.3, 0.4) is 0 Å². The Morgan fingerprint density at radius 2 is 1.58 bits per heavy atom. The van der Waals surface area contributed by atoms with Gasteiger partial charge >= 0.3 is 0 Å². The second-order valence-electron chi connectivity index (χ2n) is 7.29. The number of hydrogen-bond donors (Lipinski definition) is 2. The fraction of sp³-hybridized carbons (Fsp3) is 0.227. The van der Waals surface area contributed by atoms with Gasteiger partial charge in [-0.25, -0.2) is 0 Å². The molecule has 0 atom stereocenters. The number of benzene rings is 2. The van der Waals surface area contributed by atoms with Gasteiger partial charge in [0.1, 0.15) is 5.76 Å².